The predicted molar refractivity (Wildman–Crippen MR) is 60.4 cm³/mol. The molecule has 1 aliphatic heterocycles. The van der Waals surface area contributed by atoms with Gasteiger partial charge in [0.2, 0.25) is 5.91 Å². The van der Waals surface area contributed by atoms with E-state index < -0.39 is 0 Å². The van der Waals surface area contributed by atoms with Crippen LogP contribution in [0.1, 0.15) is 31.9 Å². The summed E-state index contributed by atoms with van der Waals surface area (Å²) in [6.07, 6.45) is 0.996. The maximum Gasteiger partial charge on any atom is 0.225 e. The number of hydrogen-bond acceptors (Lipinski definition) is 1. The Morgan fingerprint density at radius 2 is 2.00 bits per heavy atom. The van der Waals surface area contributed by atoms with Crippen LogP contribution in [0.2, 0.25) is 0 Å². The van der Waals surface area contributed by atoms with Crippen molar-refractivity contribution in [3.8, 4) is 0 Å². The van der Waals surface area contributed by atoms with Crippen LogP contribution in [0.4, 0.5) is 0 Å². The molecule has 2 rings (SSSR count). The van der Waals surface area contributed by atoms with Gasteiger partial charge in [-0.25, -0.2) is 0 Å². The number of benzene rings is 1. The number of rotatable bonds is 2. The normalized spacial score (nSPS) is 23.2. The van der Waals surface area contributed by atoms with Gasteiger partial charge in [0.25, 0.3) is 0 Å². The average Bonchev–Trinajstić information content (AvgIpc) is 2.60. The Balaban J connectivity index is 2.16. The smallest absolute Gasteiger partial charge is 0.225 e. The maximum absolute atomic E-state index is 11.8. The Bertz CT molecular complexity index is 347. The standard InChI is InChI=1S/C13H17NO/c1-10-8-9-14(13(10)15)11(2)12-6-4-3-5-7-12/h3-7,10-11H,8-9H2,1-2H3. The van der Waals surface area contributed by atoms with Gasteiger partial charge >= 0.3 is 0 Å². The molecule has 15 heavy (non-hydrogen) atoms. The molecule has 0 aliphatic carbocycles. The summed E-state index contributed by atoms with van der Waals surface area (Å²) in [6.45, 7) is 5.02. The molecule has 2 heteroatoms. The summed E-state index contributed by atoms with van der Waals surface area (Å²) in [6, 6.07) is 10.4. The summed E-state index contributed by atoms with van der Waals surface area (Å²) in [7, 11) is 0. The molecule has 1 saturated heterocycles. The summed E-state index contributed by atoms with van der Waals surface area (Å²) >= 11 is 0. The Hall–Kier alpha value is -1.31. The molecular weight excluding hydrogens is 186 g/mol. The van der Waals surface area contributed by atoms with E-state index in [1.807, 2.05) is 30.0 Å². The second-order valence-corrected chi connectivity index (χ2v) is 4.31. The lowest BCUT2D eigenvalue weighted by Gasteiger charge is -2.24. The fourth-order valence-electron chi connectivity index (χ4n) is 2.15. The van der Waals surface area contributed by atoms with Crippen molar-refractivity contribution in [1.29, 1.82) is 0 Å². The van der Waals surface area contributed by atoms with Crippen LogP contribution in [0.5, 0.6) is 0 Å². The number of carbonyl (C=O) groups is 1. The van der Waals surface area contributed by atoms with E-state index in [1.54, 1.807) is 0 Å². The van der Waals surface area contributed by atoms with E-state index >= 15 is 0 Å². The van der Waals surface area contributed by atoms with Gasteiger partial charge in [-0.1, -0.05) is 37.3 Å². The summed E-state index contributed by atoms with van der Waals surface area (Å²) in [5.74, 6) is 0.502. The van der Waals surface area contributed by atoms with Gasteiger partial charge in [0.15, 0.2) is 0 Å². The van der Waals surface area contributed by atoms with E-state index in [2.05, 4.69) is 19.1 Å². The van der Waals surface area contributed by atoms with Crippen molar-refractivity contribution >= 4 is 5.91 Å². The van der Waals surface area contributed by atoms with Crippen molar-refractivity contribution in [1.82, 2.24) is 4.90 Å². The third-order valence-electron chi connectivity index (χ3n) is 3.26. The molecule has 0 spiro atoms. The fraction of sp³-hybridized carbons (Fsp3) is 0.462. The third-order valence-corrected chi connectivity index (χ3v) is 3.26. The van der Waals surface area contributed by atoms with Gasteiger partial charge in [0.1, 0.15) is 0 Å². The van der Waals surface area contributed by atoms with Crippen LogP contribution in [-0.4, -0.2) is 17.4 Å². The van der Waals surface area contributed by atoms with Crippen molar-refractivity contribution < 1.29 is 4.79 Å². The zero-order valence-electron chi connectivity index (χ0n) is 9.31. The minimum absolute atomic E-state index is 0.205. The molecule has 0 saturated carbocycles. The average molecular weight is 203 g/mol. The van der Waals surface area contributed by atoms with Gasteiger partial charge in [0, 0.05) is 12.5 Å². The molecule has 0 N–H and O–H groups in total. The monoisotopic (exact) mass is 203 g/mol. The first-order valence-corrected chi connectivity index (χ1v) is 5.55. The van der Waals surface area contributed by atoms with Crippen LogP contribution in [0, 0.1) is 5.92 Å². The van der Waals surface area contributed by atoms with Crippen molar-refractivity contribution in [2.45, 2.75) is 26.3 Å². The van der Waals surface area contributed by atoms with Gasteiger partial charge < -0.3 is 4.90 Å². The van der Waals surface area contributed by atoms with Crippen molar-refractivity contribution in [2.24, 2.45) is 5.92 Å². The highest BCUT2D eigenvalue weighted by molar-refractivity contribution is 5.80. The number of carbonyl (C=O) groups excluding carboxylic acids is 1. The van der Waals surface area contributed by atoms with Crippen LogP contribution >= 0.6 is 0 Å². The number of likely N-dealkylation sites (tertiary alicyclic amines) is 1. The molecule has 2 atom stereocenters. The lowest BCUT2D eigenvalue weighted by molar-refractivity contribution is -0.132. The second kappa shape index (κ2) is 4.05. The first-order chi connectivity index (χ1) is 7.20. The molecule has 1 heterocycles. The topological polar surface area (TPSA) is 20.3 Å². The lowest BCUT2D eigenvalue weighted by atomic mass is 10.1. The zero-order chi connectivity index (χ0) is 10.8. The fourth-order valence-corrected chi connectivity index (χ4v) is 2.15. The molecule has 1 aromatic rings. The molecule has 1 aliphatic rings. The van der Waals surface area contributed by atoms with Gasteiger partial charge in [0.05, 0.1) is 6.04 Å². The number of hydrogen-bond donors (Lipinski definition) is 0. The van der Waals surface area contributed by atoms with Crippen LogP contribution in [0.3, 0.4) is 0 Å². The van der Waals surface area contributed by atoms with Gasteiger partial charge in [-0.05, 0) is 18.9 Å². The highest BCUT2D eigenvalue weighted by atomic mass is 16.2. The summed E-state index contributed by atoms with van der Waals surface area (Å²) in [5, 5.41) is 0. The van der Waals surface area contributed by atoms with Gasteiger partial charge in [-0.15, -0.1) is 0 Å². The summed E-state index contributed by atoms with van der Waals surface area (Å²) < 4.78 is 0. The maximum atomic E-state index is 11.8. The van der Waals surface area contributed by atoms with Crippen LogP contribution < -0.4 is 0 Å². The highest BCUT2D eigenvalue weighted by Gasteiger charge is 2.31. The minimum Gasteiger partial charge on any atom is -0.336 e. The molecule has 0 aromatic heterocycles. The molecule has 80 valence electrons. The largest absolute Gasteiger partial charge is 0.336 e. The summed E-state index contributed by atoms with van der Waals surface area (Å²) in [4.78, 5) is 13.8. The minimum atomic E-state index is 0.205. The van der Waals surface area contributed by atoms with Crippen LogP contribution in [0.15, 0.2) is 30.3 Å². The van der Waals surface area contributed by atoms with E-state index in [9.17, 15) is 4.79 Å². The summed E-state index contributed by atoms with van der Waals surface area (Å²) in [5.41, 5.74) is 1.22. The quantitative estimate of drug-likeness (QED) is 0.723. The lowest BCUT2D eigenvalue weighted by Crippen LogP contribution is -2.29. The van der Waals surface area contributed by atoms with Gasteiger partial charge in [-0.3, -0.25) is 4.79 Å². The molecule has 1 amide bonds. The van der Waals surface area contributed by atoms with Gasteiger partial charge in [-0.2, -0.15) is 0 Å². The van der Waals surface area contributed by atoms with E-state index in [-0.39, 0.29) is 12.0 Å². The molecule has 1 aromatic carbocycles. The molecule has 0 radical (unpaired) electrons. The van der Waals surface area contributed by atoms with Crippen molar-refractivity contribution in [3.63, 3.8) is 0 Å². The Morgan fingerprint density at radius 1 is 1.33 bits per heavy atom. The molecule has 1 fully saturated rings. The van der Waals surface area contributed by atoms with E-state index in [1.165, 1.54) is 5.56 Å². The third kappa shape index (κ3) is 1.89. The molecule has 0 bridgehead atoms. The highest BCUT2D eigenvalue weighted by Crippen LogP contribution is 2.27. The molecular formula is C13H17NO. The number of nitrogens with zero attached hydrogens (tertiary/aromatic N) is 1. The van der Waals surface area contributed by atoms with E-state index in [0.717, 1.165) is 13.0 Å². The first kappa shape index (κ1) is 10.2. The predicted octanol–water partition coefficient (Wildman–Crippen LogP) is 2.62. The number of amides is 1. The Labute approximate surface area is 90.9 Å². The second-order valence-electron chi connectivity index (χ2n) is 4.31. The molecule has 2 nitrogen and oxygen atoms in total. The zero-order valence-corrected chi connectivity index (χ0v) is 9.31. The van der Waals surface area contributed by atoms with E-state index in [0.29, 0.717) is 5.91 Å². The van der Waals surface area contributed by atoms with Crippen molar-refractivity contribution in [2.75, 3.05) is 6.54 Å². The first-order valence-electron chi connectivity index (χ1n) is 5.55. The van der Waals surface area contributed by atoms with Crippen molar-refractivity contribution in [3.05, 3.63) is 35.9 Å². The van der Waals surface area contributed by atoms with E-state index in [4.69, 9.17) is 0 Å². The van der Waals surface area contributed by atoms with Crippen LogP contribution in [0.25, 0.3) is 0 Å². The van der Waals surface area contributed by atoms with Crippen LogP contribution in [-0.2, 0) is 4.79 Å². The Kier molecular flexibility index (Phi) is 2.76. The Morgan fingerprint density at radius 3 is 2.53 bits per heavy atom. The molecule has 2 unspecified atom stereocenters. The SMILES string of the molecule is CC1CCN(C(C)c2ccccc2)C1=O.